The summed E-state index contributed by atoms with van der Waals surface area (Å²) in [5.74, 6) is 1.38. The summed E-state index contributed by atoms with van der Waals surface area (Å²) in [5.41, 5.74) is 2.90. The molecule has 1 aromatic rings. The van der Waals surface area contributed by atoms with Gasteiger partial charge in [-0.15, -0.1) is 0 Å². The van der Waals surface area contributed by atoms with Crippen LogP contribution in [0.5, 0.6) is 5.75 Å². The summed E-state index contributed by atoms with van der Waals surface area (Å²) in [4.78, 5) is 0. The molecule has 1 unspecified atom stereocenters. The zero-order valence-electron chi connectivity index (χ0n) is 10.9. The average Bonchev–Trinajstić information content (AvgIpc) is 3.05. The SMILES string of the molecule is OC(COc1ccc2c(c1)CCC2)C1CCCC1. The van der Waals surface area contributed by atoms with Crippen molar-refractivity contribution in [2.45, 2.75) is 51.0 Å². The normalized spacial score (nSPS) is 20.9. The molecule has 0 aromatic heterocycles. The van der Waals surface area contributed by atoms with Crippen molar-refractivity contribution in [2.75, 3.05) is 6.61 Å². The number of fused-ring (bicyclic) bond motifs is 1. The quantitative estimate of drug-likeness (QED) is 0.884. The van der Waals surface area contributed by atoms with E-state index in [0.29, 0.717) is 12.5 Å². The van der Waals surface area contributed by atoms with Crippen molar-refractivity contribution in [3.05, 3.63) is 29.3 Å². The second-order valence-corrected chi connectivity index (χ2v) is 5.71. The lowest BCUT2D eigenvalue weighted by atomic mass is 10.0. The number of aliphatic hydroxyl groups excluding tert-OH is 1. The van der Waals surface area contributed by atoms with Gasteiger partial charge >= 0.3 is 0 Å². The molecular weight excluding hydrogens is 224 g/mol. The Labute approximate surface area is 109 Å². The van der Waals surface area contributed by atoms with Crippen molar-refractivity contribution >= 4 is 0 Å². The lowest BCUT2D eigenvalue weighted by Crippen LogP contribution is -2.25. The van der Waals surface area contributed by atoms with Gasteiger partial charge in [-0.25, -0.2) is 0 Å². The van der Waals surface area contributed by atoms with Crippen LogP contribution in [0.2, 0.25) is 0 Å². The summed E-state index contributed by atoms with van der Waals surface area (Å²) in [5, 5.41) is 10.1. The summed E-state index contributed by atoms with van der Waals surface area (Å²) in [7, 11) is 0. The first-order valence-corrected chi connectivity index (χ1v) is 7.25. The third kappa shape index (κ3) is 2.54. The van der Waals surface area contributed by atoms with Crippen LogP contribution in [0.1, 0.15) is 43.2 Å². The second kappa shape index (κ2) is 5.31. The van der Waals surface area contributed by atoms with Crippen molar-refractivity contribution in [2.24, 2.45) is 5.92 Å². The zero-order chi connectivity index (χ0) is 12.4. The molecule has 0 bridgehead atoms. The van der Waals surface area contributed by atoms with Crippen LogP contribution >= 0.6 is 0 Å². The molecule has 0 radical (unpaired) electrons. The molecule has 0 amide bonds. The number of hydrogen-bond donors (Lipinski definition) is 1. The van der Waals surface area contributed by atoms with Crippen LogP contribution in [-0.2, 0) is 12.8 Å². The van der Waals surface area contributed by atoms with Gasteiger partial charge in [0, 0.05) is 0 Å². The second-order valence-electron chi connectivity index (χ2n) is 5.71. The van der Waals surface area contributed by atoms with E-state index in [0.717, 1.165) is 18.6 Å². The molecule has 2 aliphatic rings. The predicted molar refractivity (Wildman–Crippen MR) is 71.9 cm³/mol. The fourth-order valence-electron chi connectivity index (χ4n) is 3.30. The van der Waals surface area contributed by atoms with E-state index in [1.165, 1.54) is 43.2 Å². The highest BCUT2D eigenvalue weighted by Crippen LogP contribution is 2.29. The minimum absolute atomic E-state index is 0.291. The first-order valence-electron chi connectivity index (χ1n) is 7.25. The van der Waals surface area contributed by atoms with E-state index in [1.807, 2.05) is 6.07 Å². The van der Waals surface area contributed by atoms with E-state index in [4.69, 9.17) is 4.74 Å². The highest BCUT2D eigenvalue weighted by Gasteiger charge is 2.23. The zero-order valence-corrected chi connectivity index (χ0v) is 10.9. The third-order valence-electron chi connectivity index (χ3n) is 4.43. The fourth-order valence-corrected chi connectivity index (χ4v) is 3.30. The molecule has 1 saturated carbocycles. The summed E-state index contributed by atoms with van der Waals surface area (Å²) < 4.78 is 5.76. The van der Waals surface area contributed by atoms with Crippen LogP contribution in [0.25, 0.3) is 0 Å². The topological polar surface area (TPSA) is 29.5 Å². The molecule has 98 valence electrons. The van der Waals surface area contributed by atoms with Gasteiger partial charge in [0.25, 0.3) is 0 Å². The monoisotopic (exact) mass is 246 g/mol. The molecule has 3 rings (SSSR count). The lowest BCUT2D eigenvalue weighted by molar-refractivity contribution is 0.0593. The van der Waals surface area contributed by atoms with Gasteiger partial charge < -0.3 is 9.84 Å². The minimum atomic E-state index is -0.291. The van der Waals surface area contributed by atoms with Crippen LogP contribution in [0.4, 0.5) is 0 Å². The number of hydrogen-bond acceptors (Lipinski definition) is 2. The maximum atomic E-state index is 10.1. The van der Waals surface area contributed by atoms with Gasteiger partial charge in [0.2, 0.25) is 0 Å². The van der Waals surface area contributed by atoms with E-state index in [1.54, 1.807) is 0 Å². The molecule has 0 heterocycles. The van der Waals surface area contributed by atoms with Crippen molar-refractivity contribution in [1.82, 2.24) is 0 Å². The van der Waals surface area contributed by atoms with Crippen molar-refractivity contribution in [3.63, 3.8) is 0 Å². The number of aliphatic hydroxyl groups is 1. The molecule has 1 N–H and O–H groups in total. The van der Waals surface area contributed by atoms with Crippen molar-refractivity contribution < 1.29 is 9.84 Å². The minimum Gasteiger partial charge on any atom is -0.491 e. The maximum absolute atomic E-state index is 10.1. The van der Waals surface area contributed by atoms with Crippen LogP contribution < -0.4 is 4.74 Å². The van der Waals surface area contributed by atoms with E-state index in [9.17, 15) is 5.11 Å². The first-order chi connectivity index (χ1) is 8.83. The Morgan fingerprint density at radius 2 is 1.89 bits per heavy atom. The standard InChI is InChI=1S/C16H22O2/c17-16(13-4-1-2-5-13)11-18-15-9-8-12-6-3-7-14(12)10-15/h8-10,13,16-17H,1-7,11H2. The Bertz CT molecular complexity index is 408. The molecule has 2 nitrogen and oxygen atoms in total. The number of benzene rings is 1. The molecule has 18 heavy (non-hydrogen) atoms. The smallest absolute Gasteiger partial charge is 0.119 e. The summed E-state index contributed by atoms with van der Waals surface area (Å²) >= 11 is 0. The maximum Gasteiger partial charge on any atom is 0.119 e. The summed E-state index contributed by atoms with van der Waals surface area (Å²) in [6, 6.07) is 6.38. The molecular formula is C16H22O2. The Morgan fingerprint density at radius 3 is 2.72 bits per heavy atom. The van der Waals surface area contributed by atoms with Gasteiger partial charge in [0.1, 0.15) is 12.4 Å². The number of rotatable bonds is 4. The molecule has 1 fully saturated rings. The Morgan fingerprint density at radius 1 is 1.11 bits per heavy atom. The average molecular weight is 246 g/mol. The Kier molecular flexibility index (Phi) is 3.55. The molecule has 2 heteroatoms. The van der Waals surface area contributed by atoms with Gasteiger partial charge in [-0.1, -0.05) is 18.9 Å². The summed E-state index contributed by atoms with van der Waals surface area (Å²) in [6.45, 7) is 0.448. The van der Waals surface area contributed by atoms with Gasteiger partial charge in [0.05, 0.1) is 6.10 Å². The number of ether oxygens (including phenoxy) is 1. The van der Waals surface area contributed by atoms with E-state index in [2.05, 4.69) is 12.1 Å². The highest BCUT2D eigenvalue weighted by atomic mass is 16.5. The largest absolute Gasteiger partial charge is 0.491 e. The Balaban J connectivity index is 1.56. The van der Waals surface area contributed by atoms with Crippen LogP contribution in [0.3, 0.4) is 0 Å². The predicted octanol–water partition coefficient (Wildman–Crippen LogP) is 3.11. The molecule has 1 aromatic carbocycles. The van der Waals surface area contributed by atoms with Gasteiger partial charge in [-0.2, -0.15) is 0 Å². The molecule has 0 aliphatic heterocycles. The van der Waals surface area contributed by atoms with Crippen LogP contribution in [-0.4, -0.2) is 17.8 Å². The van der Waals surface area contributed by atoms with E-state index < -0.39 is 0 Å². The molecule has 2 aliphatic carbocycles. The van der Waals surface area contributed by atoms with Gasteiger partial charge in [-0.05, 0) is 61.3 Å². The van der Waals surface area contributed by atoms with Gasteiger partial charge in [0.15, 0.2) is 0 Å². The molecule has 0 spiro atoms. The molecule has 1 atom stereocenters. The number of aryl methyl sites for hydroxylation is 2. The fraction of sp³-hybridized carbons (Fsp3) is 0.625. The van der Waals surface area contributed by atoms with Crippen LogP contribution in [0, 0.1) is 5.92 Å². The van der Waals surface area contributed by atoms with Gasteiger partial charge in [-0.3, -0.25) is 0 Å². The van der Waals surface area contributed by atoms with Crippen molar-refractivity contribution in [3.8, 4) is 5.75 Å². The Hall–Kier alpha value is -1.02. The molecule has 0 saturated heterocycles. The van der Waals surface area contributed by atoms with Crippen molar-refractivity contribution in [1.29, 1.82) is 0 Å². The third-order valence-corrected chi connectivity index (χ3v) is 4.43. The van der Waals surface area contributed by atoms with Crippen LogP contribution in [0.15, 0.2) is 18.2 Å². The van der Waals surface area contributed by atoms with E-state index >= 15 is 0 Å². The summed E-state index contributed by atoms with van der Waals surface area (Å²) in [6.07, 6.45) is 8.22. The lowest BCUT2D eigenvalue weighted by Gasteiger charge is -2.18. The first kappa shape index (κ1) is 12.0. The highest BCUT2D eigenvalue weighted by molar-refractivity contribution is 5.38. The van der Waals surface area contributed by atoms with E-state index in [-0.39, 0.29) is 6.10 Å².